The van der Waals surface area contributed by atoms with Crippen molar-refractivity contribution in [2.24, 2.45) is 5.92 Å². The molecular formula is C25H32N4O5. The number of unbranched alkanes of at least 4 members (excludes halogenated alkanes) is 1. The lowest BCUT2D eigenvalue weighted by molar-refractivity contribution is -0.151. The van der Waals surface area contributed by atoms with Gasteiger partial charge in [0.15, 0.2) is 17.3 Å². The van der Waals surface area contributed by atoms with Crippen LogP contribution in [0.25, 0.3) is 0 Å². The molecule has 0 saturated carbocycles. The van der Waals surface area contributed by atoms with Crippen LogP contribution in [0.1, 0.15) is 39.0 Å². The minimum Gasteiger partial charge on any atom is -0.493 e. The van der Waals surface area contributed by atoms with E-state index in [1.54, 1.807) is 35.4 Å². The number of hydrogen-bond acceptors (Lipinski definition) is 6. The molecule has 1 aliphatic heterocycles. The van der Waals surface area contributed by atoms with Crippen molar-refractivity contribution in [2.45, 2.75) is 45.1 Å². The third kappa shape index (κ3) is 6.46. The molecule has 2 heterocycles. The van der Waals surface area contributed by atoms with E-state index in [0.717, 1.165) is 24.3 Å². The summed E-state index contributed by atoms with van der Waals surface area (Å²) in [5.74, 6) is 0.352. The lowest BCUT2D eigenvalue weighted by Crippen LogP contribution is -2.48. The van der Waals surface area contributed by atoms with Gasteiger partial charge in [0.05, 0.1) is 19.6 Å². The van der Waals surface area contributed by atoms with E-state index in [0.29, 0.717) is 43.1 Å². The Hall–Kier alpha value is -3.62. The third-order valence-corrected chi connectivity index (χ3v) is 5.81. The highest BCUT2D eigenvalue weighted by Crippen LogP contribution is 2.26. The maximum absolute atomic E-state index is 13.6. The average molecular weight is 469 g/mol. The van der Waals surface area contributed by atoms with Crippen molar-refractivity contribution in [3.63, 3.8) is 0 Å². The van der Waals surface area contributed by atoms with Crippen LogP contribution >= 0.6 is 0 Å². The maximum atomic E-state index is 13.6. The summed E-state index contributed by atoms with van der Waals surface area (Å²) in [6, 6.07) is 11.8. The number of carbonyl (C=O) groups excluding carboxylic acids is 3. The Morgan fingerprint density at radius 1 is 1.26 bits per heavy atom. The topological polar surface area (TPSA) is 101 Å². The third-order valence-electron chi connectivity index (χ3n) is 5.81. The van der Waals surface area contributed by atoms with Gasteiger partial charge in [-0.2, -0.15) is 5.06 Å². The Bertz CT molecular complexity index is 955. The van der Waals surface area contributed by atoms with Crippen LogP contribution in [0.3, 0.4) is 0 Å². The molecule has 182 valence electrons. The molecule has 3 rings (SSSR count). The Kier molecular flexibility index (Phi) is 9.25. The molecule has 1 saturated heterocycles. The number of hydroxylamine groups is 2. The highest BCUT2D eigenvalue weighted by Gasteiger charge is 2.38. The van der Waals surface area contributed by atoms with Crippen LogP contribution in [0.5, 0.6) is 11.5 Å². The number of pyridine rings is 1. The monoisotopic (exact) mass is 468 g/mol. The number of carbonyl (C=O) groups is 3. The first-order valence-corrected chi connectivity index (χ1v) is 11.6. The highest BCUT2D eigenvalue weighted by molar-refractivity contribution is 5.98. The van der Waals surface area contributed by atoms with Crippen molar-refractivity contribution in [2.75, 3.05) is 25.5 Å². The number of nitrogens with one attached hydrogen (secondary N) is 1. The van der Waals surface area contributed by atoms with Gasteiger partial charge in [-0.25, -0.2) is 4.98 Å². The van der Waals surface area contributed by atoms with E-state index in [1.165, 1.54) is 7.11 Å². The van der Waals surface area contributed by atoms with Gasteiger partial charge in [0.1, 0.15) is 6.04 Å². The second-order valence-electron chi connectivity index (χ2n) is 8.18. The van der Waals surface area contributed by atoms with Crippen LogP contribution in [0.4, 0.5) is 5.82 Å². The van der Waals surface area contributed by atoms with E-state index in [4.69, 9.17) is 9.57 Å². The molecule has 0 spiro atoms. The first kappa shape index (κ1) is 25.0. The second kappa shape index (κ2) is 12.6. The van der Waals surface area contributed by atoms with E-state index < -0.39 is 12.0 Å². The first-order chi connectivity index (χ1) is 16.6. The summed E-state index contributed by atoms with van der Waals surface area (Å²) < 4.78 is 5.26. The van der Waals surface area contributed by atoms with E-state index in [2.05, 4.69) is 10.3 Å². The molecule has 0 radical (unpaired) electrons. The Morgan fingerprint density at radius 3 is 2.76 bits per heavy atom. The summed E-state index contributed by atoms with van der Waals surface area (Å²) in [5, 5.41) is 3.95. The number of aromatic nitrogens is 1. The molecule has 1 aliphatic rings. The van der Waals surface area contributed by atoms with Crippen LogP contribution < -0.4 is 14.9 Å². The molecule has 34 heavy (non-hydrogen) atoms. The average Bonchev–Trinajstić information content (AvgIpc) is 3.36. The molecule has 1 fully saturated rings. The minimum atomic E-state index is -0.608. The van der Waals surface area contributed by atoms with Crippen LogP contribution in [0, 0.1) is 5.92 Å². The number of benzene rings is 1. The smallest absolute Gasteiger partial charge is 0.248 e. The molecule has 0 unspecified atom stereocenters. The molecule has 1 aromatic heterocycles. The van der Waals surface area contributed by atoms with Crippen LogP contribution in [-0.2, 0) is 14.4 Å². The predicted octanol–water partition coefficient (Wildman–Crippen LogP) is 3.28. The Morgan fingerprint density at radius 2 is 2.06 bits per heavy atom. The SMILES string of the molecule is CCCC[C@H](CN(C=O)Oc1ccccc1)C(=O)N1CCC[C@H]1C(=O)Nc1ncccc1OC. The van der Waals surface area contributed by atoms with Crippen LogP contribution in [0.2, 0.25) is 0 Å². The fourth-order valence-electron chi connectivity index (χ4n) is 4.07. The molecule has 9 heteroatoms. The first-order valence-electron chi connectivity index (χ1n) is 11.6. The van der Waals surface area contributed by atoms with Crippen molar-refractivity contribution in [3.05, 3.63) is 48.7 Å². The van der Waals surface area contributed by atoms with Crippen molar-refractivity contribution in [3.8, 4) is 11.5 Å². The van der Waals surface area contributed by atoms with E-state index in [1.807, 2.05) is 25.1 Å². The van der Waals surface area contributed by atoms with Crippen LogP contribution in [0.15, 0.2) is 48.7 Å². The lowest BCUT2D eigenvalue weighted by Gasteiger charge is -2.30. The quantitative estimate of drug-likeness (QED) is 0.379. The van der Waals surface area contributed by atoms with Gasteiger partial charge in [-0.15, -0.1) is 0 Å². The number of anilines is 1. The summed E-state index contributed by atoms with van der Waals surface area (Å²) in [7, 11) is 1.51. The van der Waals surface area contributed by atoms with Gasteiger partial charge in [0.25, 0.3) is 0 Å². The normalized spacial score (nSPS) is 15.9. The summed E-state index contributed by atoms with van der Waals surface area (Å²) in [4.78, 5) is 49.8. The number of methoxy groups -OCH3 is 1. The van der Waals surface area contributed by atoms with Gasteiger partial charge in [-0.05, 0) is 43.5 Å². The zero-order chi connectivity index (χ0) is 24.3. The summed E-state index contributed by atoms with van der Waals surface area (Å²) in [6.07, 6.45) is 5.76. The summed E-state index contributed by atoms with van der Waals surface area (Å²) in [5.41, 5.74) is 0. The number of amides is 3. The van der Waals surface area contributed by atoms with Gasteiger partial charge in [0.2, 0.25) is 18.2 Å². The molecular weight excluding hydrogens is 436 g/mol. The zero-order valence-electron chi connectivity index (χ0n) is 19.7. The van der Waals surface area contributed by atoms with Crippen LogP contribution in [-0.4, -0.2) is 59.4 Å². The van der Waals surface area contributed by atoms with Crippen molar-refractivity contribution < 1.29 is 24.0 Å². The Balaban J connectivity index is 1.71. The van der Waals surface area contributed by atoms with E-state index >= 15 is 0 Å². The summed E-state index contributed by atoms with van der Waals surface area (Å²) >= 11 is 0. The molecule has 1 aromatic carbocycles. The fraction of sp³-hybridized carbons (Fsp3) is 0.440. The largest absolute Gasteiger partial charge is 0.493 e. The molecule has 9 nitrogen and oxygen atoms in total. The number of hydrogen-bond donors (Lipinski definition) is 1. The highest BCUT2D eigenvalue weighted by atomic mass is 16.7. The van der Waals surface area contributed by atoms with E-state index in [9.17, 15) is 14.4 Å². The lowest BCUT2D eigenvalue weighted by atomic mass is 9.99. The predicted molar refractivity (Wildman–Crippen MR) is 127 cm³/mol. The zero-order valence-corrected chi connectivity index (χ0v) is 19.7. The second-order valence-corrected chi connectivity index (χ2v) is 8.18. The Labute approximate surface area is 200 Å². The molecule has 1 N–H and O–H groups in total. The number of likely N-dealkylation sites (tertiary alicyclic amines) is 1. The number of rotatable bonds is 12. The number of para-hydroxylation sites is 1. The van der Waals surface area contributed by atoms with Gasteiger partial charge in [-0.1, -0.05) is 38.0 Å². The molecule has 2 atom stereocenters. The fourth-order valence-corrected chi connectivity index (χ4v) is 4.07. The van der Waals surface area contributed by atoms with Gasteiger partial charge in [-0.3, -0.25) is 14.4 Å². The van der Waals surface area contributed by atoms with Crippen molar-refractivity contribution >= 4 is 24.0 Å². The van der Waals surface area contributed by atoms with Crippen molar-refractivity contribution in [1.82, 2.24) is 14.9 Å². The standard InChI is InChI=1S/C25H32N4O5/c1-3-4-10-19(17-28(18-30)34-20-11-6-5-7-12-20)25(32)29-16-9-13-21(29)24(31)27-23-22(33-2)14-8-15-26-23/h5-8,11-12,14-15,18-19,21H,3-4,9-10,13,16-17H2,1-2H3,(H,26,27,31)/t19-,21+/m1/s1. The number of ether oxygens (including phenoxy) is 1. The molecule has 0 aliphatic carbocycles. The van der Waals surface area contributed by atoms with Gasteiger partial charge < -0.3 is 19.8 Å². The maximum Gasteiger partial charge on any atom is 0.248 e. The van der Waals surface area contributed by atoms with Gasteiger partial charge >= 0.3 is 0 Å². The van der Waals surface area contributed by atoms with Crippen molar-refractivity contribution in [1.29, 1.82) is 0 Å². The van der Waals surface area contributed by atoms with Gasteiger partial charge in [0, 0.05) is 12.7 Å². The molecule has 0 bridgehead atoms. The molecule has 3 amide bonds. The van der Waals surface area contributed by atoms with E-state index in [-0.39, 0.29) is 18.4 Å². The summed E-state index contributed by atoms with van der Waals surface area (Å²) in [6.45, 7) is 2.64. The molecule has 2 aromatic rings. The minimum absolute atomic E-state index is 0.107. The number of nitrogens with zero attached hydrogens (tertiary/aromatic N) is 3.